The number of hydrogen-bond donors (Lipinski definition) is 8. The van der Waals surface area contributed by atoms with Gasteiger partial charge in [0.1, 0.15) is 12.2 Å². The topological polar surface area (TPSA) is 197 Å². The average molecular weight is 601 g/mol. The third kappa shape index (κ3) is 16.0. The van der Waals surface area contributed by atoms with Gasteiger partial charge in [0.2, 0.25) is 23.6 Å². The van der Waals surface area contributed by atoms with Crippen LogP contribution in [0.5, 0.6) is 0 Å². The van der Waals surface area contributed by atoms with Crippen LogP contribution in [0.15, 0.2) is 0 Å². The van der Waals surface area contributed by atoms with Gasteiger partial charge in [0.25, 0.3) is 0 Å². The summed E-state index contributed by atoms with van der Waals surface area (Å²) in [4.78, 5) is 47.4. The van der Waals surface area contributed by atoms with E-state index in [9.17, 15) is 39.6 Å². The minimum Gasteiger partial charge on any atom is -0.396 e. The van der Waals surface area contributed by atoms with Gasteiger partial charge in [-0.3, -0.25) is 19.2 Å². The molecule has 0 aromatic heterocycles. The lowest BCUT2D eigenvalue weighted by molar-refractivity contribution is -0.137. The normalized spacial score (nSPS) is 13.4. The largest absolute Gasteiger partial charge is 0.396 e. The van der Waals surface area contributed by atoms with Crippen molar-refractivity contribution < 1.29 is 39.6 Å². The van der Waals surface area contributed by atoms with E-state index in [1.54, 1.807) is 59.1 Å². The van der Waals surface area contributed by atoms with Gasteiger partial charge in [0, 0.05) is 61.4 Å². The summed E-state index contributed by atoms with van der Waals surface area (Å²) >= 11 is 0. The lowest BCUT2D eigenvalue weighted by Crippen LogP contribution is -2.46. The van der Waals surface area contributed by atoms with Crippen LogP contribution in [0.3, 0.4) is 0 Å². The Morgan fingerprint density at radius 3 is 1.53 bits per heavy atom. The van der Waals surface area contributed by atoms with Crippen LogP contribution in [0.1, 0.15) is 47.0 Å². The zero-order valence-corrected chi connectivity index (χ0v) is 25.0. The molecule has 0 saturated heterocycles. The summed E-state index contributed by atoms with van der Waals surface area (Å²) in [6.07, 6.45) is -1.76. The van der Waals surface area contributed by atoms with Crippen LogP contribution >= 0.6 is 31.4 Å². The van der Waals surface area contributed by atoms with E-state index >= 15 is 0 Å². The molecule has 0 saturated carbocycles. The summed E-state index contributed by atoms with van der Waals surface area (Å²) in [5.41, 5.74) is -1.92. The number of aliphatic hydroxyl groups excluding tert-OH is 4. The standard InChI is InChI=1S/C23H44N4O8S3/c1-22(2,14-28)18(32)20(34)26-9-6-16(30)24-8-5-12-36-38-37-13-11-25-17(31)7-10-27-21(35)19(33)23(3,4)15-29/h18-19,28-29,32-33H,5-15H2,1-4H3,(H,24,30)(H,25,31)(H,26,34)(H,27,35)/t18-,19-/m0/s1. The van der Waals surface area contributed by atoms with Gasteiger partial charge in [-0.2, -0.15) is 0 Å². The van der Waals surface area contributed by atoms with Crippen molar-refractivity contribution in [3.8, 4) is 0 Å². The van der Waals surface area contributed by atoms with Crippen LogP contribution in [0.4, 0.5) is 0 Å². The lowest BCUT2D eigenvalue weighted by atomic mass is 9.87. The summed E-state index contributed by atoms with van der Waals surface area (Å²) in [6, 6.07) is 0. The summed E-state index contributed by atoms with van der Waals surface area (Å²) in [7, 11) is 4.82. The van der Waals surface area contributed by atoms with E-state index in [-0.39, 0.29) is 51.0 Å². The van der Waals surface area contributed by atoms with Crippen LogP contribution in [-0.2, 0) is 19.2 Å². The first-order chi connectivity index (χ1) is 17.8. The minimum atomic E-state index is -1.36. The Balaban J connectivity index is 3.67. The fraction of sp³-hybridized carbons (Fsp3) is 0.826. The number of hydrogen-bond acceptors (Lipinski definition) is 11. The van der Waals surface area contributed by atoms with Gasteiger partial charge in [0.05, 0.1) is 13.2 Å². The lowest BCUT2D eigenvalue weighted by Gasteiger charge is -2.27. The molecular formula is C23H44N4O8S3. The zero-order chi connectivity index (χ0) is 29.2. The predicted molar refractivity (Wildman–Crippen MR) is 152 cm³/mol. The first kappa shape index (κ1) is 36.8. The van der Waals surface area contributed by atoms with Gasteiger partial charge in [-0.25, -0.2) is 0 Å². The van der Waals surface area contributed by atoms with Crippen molar-refractivity contribution in [1.29, 1.82) is 0 Å². The van der Waals surface area contributed by atoms with E-state index in [2.05, 4.69) is 21.3 Å². The Labute approximate surface area is 236 Å². The SMILES string of the molecule is CC(C)(CO)[C@@H](O)C(=O)NCCC(=O)NCCCSSSCCNC(=O)CCNC(=O)[C@H](O)C(C)(C)CO. The molecule has 2 atom stereocenters. The van der Waals surface area contributed by atoms with E-state index in [0.717, 1.165) is 12.2 Å². The first-order valence-corrected chi connectivity index (χ1v) is 16.2. The molecular weight excluding hydrogens is 556 g/mol. The maximum atomic E-state index is 11.9. The Bertz CT molecular complexity index is 683. The summed E-state index contributed by atoms with van der Waals surface area (Å²) < 4.78 is 0. The van der Waals surface area contributed by atoms with E-state index in [1.807, 2.05) is 0 Å². The van der Waals surface area contributed by atoms with Crippen LogP contribution in [0.2, 0.25) is 0 Å². The number of aliphatic hydroxyl groups is 4. The second-order valence-electron chi connectivity index (χ2n) is 9.95. The predicted octanol–water partition coefficient (Wildman–Crippen LogP) is -0.590. The maximum Gasteiger partial charge on any atom is 0.249 e. The molecule has 8 N–H and O–H groups in total. The number of carbonyl (C=O) groups is 4. The summed E-state index contributed by atoms with van der Waals surface area (Å²) in [5.74, 6) is -0.127. The summed E-state index contributed by atoms with van der Waals surface area (Å²) in [5, 5.41) is 48.7. The van der Waals surface area contributed by atoms with Gasteiger partial charge < -0.3 is 41.7 Å². The molecule has 4 amide bonds. The van der Waals surface area contributed by atoms with Gasteiger partial charge >= 0.3 is 0 Å². The molecule has 0 bridgehead atoms. The van der Waals surface area contributed by atoms with Gasteiger partial charge in [0.15, 0.2) is 0 Å². The molecule has 0 aromatic rings. The Hall–Kier alpha value is -1.23. The molecule has 0 spiro atoms. The number of amides is 4. The third-order valence-electron chi connectivity index (χ3n) is 5.43. The Morgan fingerprint density at radius 1 is 0.658 bits per heavy atom. The summed E-state index contributed by atoms with van der Waals surface area (Å²) in [6.45, 7) is 6.78. The van der Waals surface area contributed by atoms with Gasteiger partial charge in [-0.15, -0.1) is 0 Å². The van der Waals surface area contributed by atoms with E-state index in [0.29, 0.717) is 18.8 Å². The Kier molecular flexibility index (Phi) is 19.1. The molecule has 0 unspecified atom stereocenters. The maximum absolute atomic E-state index is 11.9. The van der Waals surface area contributed by atoms with Crippen molar-refractivity contribution in [3.63, 3.8) is 0 Å². The van der Waals surface area contributed by atoms with Crippen molar-refractivity contribution >= 4 is 55.0 Å². The molecule has 0 fully saturated rings. The molecule has 222 valence electrons. The number of carbonyl (C=O) groups excluding carboxylic acids is 4. The molecule has 0 aromatic carbocycles. The fourth-order valence-electron chi connectivity index (χ4n) is 2.54. The van der Waals surface area contributed by atoms with Crippen molar-refractivity contribution in [1.82, 2.24) is 21.3 Å². The molecule has 0 rings (SSSR count). The second kappa shape index (κ2) is 19.8. The molecule has 0 aliphatic heterocycles. The number of nitrogens with one attached hydrogen (secondary N) is 4. The van der Waals surface area contributed by atoms with Crippen LogP contribution < -0.4 is 21.3 Å². The van der Waals surface area contributed by atoms with Crippen molar-refractivity contribution in [2.45, 2.75) is 59.2 Å². The highest BCUT2D eigenvalue weighted by Crippen LogP contribution is 2.34. The van der Waals surface area contributed by atoms with Crippen molar-refractivity contribution in [2.24, 2.45) is 10.8 Å². The van der Waals surface area contributed by atoms with E-state index < -0.39 is 34.9 Å². The highest BCUT2D eigenvalue weighted by Gasteiger charge is 2.33. The van der Waals surface area contributed by atoms with E-state index in [1.165, 1.54) is 0 Å². The highest BCUT2D eigenvalue weighted by atomic mass is 33.5. The highest BCUT2D eigenvalue weighted by molar-refractivity contribution is 9.09. The third-order valence-corrected chi connectivity index (χ3v) is 9.75. The number of rotatable bonds is 21. The molecule has 0 aliphatic carbocycles. The second-order valence-corrected chi connectivity index (χ2v) is 14.4. The van der Waals surface area contributed by atoms with E-state index in [4.69, 9.17) is 0 Å². The average Bonchev–Trinajstić information content (AvgIpc) is 2.88. The van der Waals surface area contributed by atoms with Crippen LogP contribution in [0.25, 0.3) is 0 Å². The smallest absolute Gasteiger partial charge is 0.249 e. The van der Waals surface area contributed by atoms with Gasteiger partial charge in [-0.1, -0.05) is 49.3 Å². The van der Waals surface area contributed by atoms with Crippen LogP contribution in [0, 0.1) is 10.8 Å². The molecule has 0 radical (unpaired) electrons. The van der Waals surface area contributed by atoms with Crippen molar-refractivity contribution in [2.75, 3.05) is 50.9 Å². The molecule has 12 nitrogen and oxygen atoms in total. The quantitative estimate of drug-likeness (QED) is 0.0619. The minimum absolute atomic E-state index is 0.0898. The monoisotopic (exact) mass is 600 g/mol. The Morgan fingerprint density at radius 2 is 1.08 bits per heavy atom. The molecule has 0 heterocycles. The first-order valence-electron chi connectivity index (χ1n) is 12.4. The molecule has 15 heteroatoms. The van der Waals surface area contributed by atoms with Gasteiger partial charge in [-0.05, 0) is 16.2 Å². The molecule has 0 aliphatic rings. The molecule has 38 heavy (non-hydrogen) atoms. The fourth-order valence-corrected chi connectivity index (χ4v) is 6.25. The van der Waals surface area contributed by atoms with Crippen LogP contribution in [-0.4, -0.2) is 107 Å². The zero-order valence-electron chi connectivity index (χ0n) is 22.6. The van der Waals surface area contributed by atoms with Crippen molar-refractivity contribution in [3.05, 3.63) is 0 Å².